The van der Waals surface area contributed by atoms with E-state index in [4.69, 9.17) is 4.42 Å². The van der Waals surface area contributed by atoms with Crippen LogP contribution in [0, 0.1) is 10.1 Å². The van der Waals surface area contributed by atoms with Crippen molar-refractivity contribution in [2.75, 3.05) is 5.32 Å². The third-order valence-corrected chi connectivity index (χ3v) is 5.54. The number of nitro groups is 1. The average molecular weight is 448 g/mol. The molecule has 2 heterocycles. The standard InChI is InChI=1S/C22H20N6O5/c29-19(2-1-11-27-17-10-9-16(28(31)32)12-18(17)33-22(27)30)23-15-7-5-14(6-8-15)21-24-20(25-26-21)13-3-4-13/h5-10,12-13H,1-4,11H2,(H,23,29)(H,24,25,26). The number of anilines is 1. The smallest absolute Gasteiger partial charge is 0.407 e. The van der Waals surface area contributed by atoms with E-state index < -0.39 is 10.7 Å². The Morgan fingerprint density at radius 1 is 1.24 bits per heavy atom. The van der Waals surface area contributed by atoms with Crippen LogP contribution in [0.4, 0.5) is 11.4 Å². The molecule has 2 N–H and O–H groups in total. The minimum Gasteiger partial charge on any atom is -0.407 e. The lowest BCUT2D eigenvalue weighted by molar-refractivity contribution is -0.384. The van der Waals surface area contributed by atoms with E-state index in [1.165, 1.54) is 22.8 Å². The Bertz CT molecular complexity index is 1400. The molecule has 5 rings (SSSR count). The average Bonchev–Trinajstić information content (AvgIpc) is 3.45. The lowest BCUT2D eigenvalue weighted by Crippen LogP contribution is -2.17. The third kappa shape index (κ3) is 4.38. The molecule has 4 aromatic rings. The fourth-order valence-corrected chi connectivity index (χ4v) is 3.65. The highest BCUT2D eigenvalue weighted by Crippen LogP contribution is 2.38. The number of nitro benzene ring substituents is 1. The number of hydrogen-bond donors (Lipinski definition) is 2. The molecule has 0 saturated heterocycles. The molecule has 1 saturated carbocycles. The summed E-state index contributed by atoms with van der Waals surface area (Å²) in [4.78, 5) is 39.3. The molecular formula is C22H20N6O5. The van der Waals surface area contributed by atoms with Gasteiger partial charge in [-0.05, 0) is 49.6 Å². The van der Waals surface area contributed by atoms with Crippen molar-refractivity contribution in [3.05, 3.63) is 69.0 Å². The Labute approximate surface area is 186 Å². The normalized spacial score (nSPS) is 13.3. The van der Waals surface area contributed by atoms with Crippen LogP contribution in [0.2, 0.25) is 0 Å². The van der Waals surface area contributed by atoms with E-state index in [0.717, 1.165) is 24.2 Å². The van der Waals surface area contributed by atoms with Gasteiger partial charge in [-0.25, -0.2) is 9.78 Å². The number of aromatic nitrogens is 4. The highest BCUT2D eigenvalue weighted by molar-refractivity contribution is 5.90. The molecule has 1 aliphatic rings. The predicted octanol–water partition coefficient (Wildman–Crippen LogP) is 3.58. The largest absolute Gasteiger partial charge is 0.419 e. The van der Waals surface area contributed by atoms with Gasteiger partial charge in [-0.2, -0.15) is 5.10 Å². The molecule has 0 radical (unpaired) electrons. The molecule has 1 amide bonds. The number of benzene rings is 2. The number of H-pyrrole nitrogens is 1. The van der Waals surface area contributed by atoms with E-state index in [1.807, 2.05) is 12.1 Å². The number of non-ortho nitro benzene ring substituents is 1. The van der Waals surface area contributed by atoms with Gasteiger partial charge in [0.1, 0.15) is 5.82 Å². The summed E-state index contributed by atoms with van der Waals surface area (Å²) in [5, 5.41) is 20.9. The fraction of sp³-hybridized carbons (Fsp3) is 0.273. The molecule has 33 heavy (non-hydrogen) atoms. The molecule has 2 aromatic heterocycles. The zero-order valence-corrected chi connectivity index (χ0v) is 17.5. The molecule has 1 fully saturated rings. The molecule has 168 valence electrons. The molecule has 0 bridgehead atoms. The van der Waals surface area contributed by atoms with Gasteiger partial charge in [0.25, 0.3) is 5.69 Å². The maximum atomic E-state index is 12.3. The molecule has 1 aliphatic carbocycles. The Hall–Kier alpha value is -4.28. The maximum Gasteiger partial charge on any atom is 0.419 e. The molecule has 0 aliphatic heterocycles. The summed E-state index contributed by atoms with van der Waals surface area (Å²) >= 11 is 0. The monoisotopic (exact) mass is 448 g/mol. The number of amides is 1. The van der Waals surface area contributed by atoms with Gasteiger partial charge in [0, 0.05) is 36.2 Å². The highest BCUT2D eigenvalue weighted by atomic mass is 16.6. The number of hydrogen-bond acceptors (Lipinski definition) is 7. The number of carbonyl (C=O) groups excluding carboxylic acids is 1. The van der Waals surface area contributed by atoms with E-state index >= 15 is 0 Å². The lowest BCUT2D eigenvalue weighted by Gasteiger charge is -2.06. The van der Waals surface area contributed by atoms with Gasteiger partial charge in [-0.3, -0.25) is 24.6 Å². The molecule has 0 spiro atoms. The van der Waals surface area contributed by atoms with E-state index in [2.05, 4.69) is 20.5 Å². The molecular weight excluding hydrogens is 428 g/mol. The number of nitrogens with zero attached hydrogens (tertiary/aromatic N) is 4. The molecule has 11 nitrogen and oxygen atoms in total. The van der Waals surface area contributed by atoms with Gasteiger partial charge in [0.15, 0.2) is 11.4 Å². The molecule has 0 unspecified atom stereocenters. The van der Waals surface area contributed by atoms with E-state index in [0.29, 0.717) is 29.4 Å². The SMILES string of the molecule is O=C(CCCn1c(=O)oc2cc([N+](=O)[O-])ccc21)Nc1ccc(-c2n[nH]c(C3CC3)n2)cc1. The van der Waals surface area contributed by atoms with Crippen molar-refractivity contribution in [1.82, 2.24) is 19.7 Å². The summed E-state index contributed by atoms with van der Waals surface area (Å²) in [6.07, 6.45) is 2.89. The number of rotatable bonds is 8. The lowest BCUT2D eigenvalue weighted by atomic mass is 10.2. The zero-order chi connectivity index (χ0) is 22.9. The summed E-state index contributed by atoms with van der Waals surface area (Å²) in [7, 11) is 0. The number of fused-ring (bicyclic) bond motifs is 1. The van der Waals surface area contributed by atoms with Crippen molar-refractivity contribution in [3.63, 3.8) is 0 Å². The second-order valence-electron chi connectivity index (χ2n) is 7.98. The second kappa shape index (κ2) is 8.34. The van der Waals surface area contributed by atoms with Crippen LogP contribution >= 0.6 is 0 Å². The number of aryl methyl sites for hydroxylation is 1. The van der Waals surface area contributed by atoms with Crippen LogP contribution in [0.1, 0.15) is 37.4 Å². The second-order valence-corrected chi connectivity index (χ2v) is 7.98. The van der Waals surface area contributed by atoms with E-state index in [-0.39, 0.29) is 30.1 Å². The quantitative estimate of drug-likeness (QED) is 0.309. The van der Waals surface area contributed by atoms with Crippen molar-refractivity contribution in [3.8, 4) is 11.4 Å². The minimum atomic E-state index is -0.613. The summed E-state index contributed by atoms with van der Waals surface area (Å²) in [5.74, 6) is 1.26. The summed E-state index contributed by atoms with van der Waals surface area (Å²) in [6, 6.07) is 11.3. The van der Waals surface area contributed by atoms with Crippen molar-refractivity contribution < 1.29 is 14.1 Å². The van der Waals surface area contributed by atoms with Crippen LogP contribution < -0.4 is 11.1 Å². The first-order valence-corrected chi connectivity index (χ1v) is 10.6. The fourth-order valence-electron chi connectivity index (χ4n) is 3.65. The van der Waals surface area contributed by atoms with Gasteiger partial charge in [-0.15, -0.1) is 0 Å². The van der Waals surface area contributed by atoms with E-state index in [9.17, 15) is 19.7 Å². The van der Waals surface area contributed by atoms with Crippen LogP contribution in [0.3, 0.4) is 0 Å². The number of oxazole rings is 1. The van der Waals surface area contributed by atoms with Crippen molar-refractivity contribution in [2.45, 2.75) is 38.1 Å². The Balaban J connectivity index is 1.17. The van der Waals surface area contributed by atoms with Crippen molar-refractivity contribution >= 4 is 28.4 Å². The Kier molecular flexibility index (Phi) is 5.21. The van der Waals surface area contributed by atoms with Gasteiger partial charge >= 0.3 is 5.76 Å². The Morgan fingerprint density at radius 2 is 2.03 bits per heavy atom. The van der Waals surface area contributed by atoms with Gasteiger partial charge in [0.05, 0.1) is 16.5 Å². The minimum absolute atomic E-state index is 0.148. The zero-order valence-electron chi connectivity index (χ0n) is 17.5. The maximum absolute atomic E-state index is 12.3. The first-order valence-electron chi connectivity index (χ1n) is 10.6. The number of carbonyl (C=O) groups is 1. The Morgan fingerprint density at radius 3 is 2.76 bits per heavy atom. The first-order chi connectivity index (χ1) is 16.0. The van der Waals surface area contributed by atoms with Crippen LogP contribution in [-0.4, -0.2) is 30.6 Å². The van der Waals surface area contributed by atoms with Crippen molar-refractivity contribution in [1.29, 1.82) is 0 Å². The molecule has 2 aromatic carbocycles. The van der Waals surface area contributed by atoms with Crippen molar-refractivity contribution in [2.24, 2.45) is 0 Å². The van der Waals surface area contributed by atoms with Crippen LogP contribution in [-0.2, 0) is 11.3 Å². The van der Waals surface area contributed by atoms with Crippen LogP contribution in [0.15, 0.2) is 51.7 Å². The summed E-state index contributed by atoms with van der Waals surface area (Å²) in [6.45, 7) is 0.254. The van der Waals surface area contributed by atoms with E-state index in [1.54, 1.807) is 12.1 Å². The van der Waals surface area contributed by atoms with Gasteiger partial charge in [0.2, 0.25) is 5.91 Å². The summed E-state index contributed by atoms with van der Waals surface area (Å²) in [5.41, 5.74) is 1.97. The van der Waals surface area contributed by atoms with Crippen LogP contribution in [0.25, 0.3) is 22.5 Å². The topological polar surface area (TPSA) is 149 Å². The first kappa shape index (κ1) is 20.6. The third-order valence-electron chi connectivity index (χ3n) is 5.54. The highest BCUT2D eigenvalue weighted by Gasteiger charge is 2.27. The number of aromatic amines is 1. The van der Waals surface area contributed by atoms with Crippen LogP contribution in [0.5, 0.6) is 0 Å². The summed E-state index contributed by atoms with van der Waals surface area (Å²) < 4.78 is 6.47. The van der Waals surface area contributed by atoms with Gasteiger partial charge < -0.3 is 9.73 Å². The predicted molar refractivity (Wildman–Crippen MR) is 119 cm³/mol. The number of nitrogens with one attached hydrogen (secondary N) is 2. The van der Waals surface area contributed by atoms with Gasteiger partial charge in [-0.1, -0.05) is 0 Å². The molecule has 0 atom stereocenters. The molecule has 11 heteroatoms.